The normalized spacial score (nSPS) is 11.1. The molecule has 2 heterocycles. The van der Waals surface area contributed by atoms with E-state index in [1.165, 1.54) is 0 Å². The van der Waals surface area contributed by atoms with Crippen LogP contribution in [0.5, 0.6) is 0 Å². The molecule has 0 unspecified atom stereocenters. The molecule has 140 valence electrons. The highest BCUT2D eigenvalue weighted by molar-refractivity contribution is 6.42. The first-order valence-corrected chi connectivity index (χ1v) is 9.89. The third-order valence-electron chi connectivity index (χ3n) is 4.75. The number of aryl methyl sites for hydroxylation is 1. The van der Waals surface area contributed by atoms with E-state index in [1.54, 1.807) is 6.07 Å². The summed E-state index contributed by atoms with van der Waals surface area (Å²) in [5.74, 6) is 0.900. The van der Waals surface area contributed by atoms with Crippen LogP contribution in [0.15, 0.2) is 48.5 Å². The minimum Gasteiger partial charge on any atom is -0.367 e. The maximum Gasteiger partial charge on any atom is 0.157 e. The summed E-state index contributed by atoms with van der Waals surface area (Å²) in [5.41, 5.74) is 5.18. The summed E-state index contributed by atoms with van der Waals surface area (Å²) in [6, 6.07) is 17.9. The fourth-order valence-corrected chi connectivity index (χ4v) is 3.76. The van der Waals surface area contributed by atoms with Crippen molar-refractivity contribution in [3.8, 4) is 6.07 Å². The monoisotopic (exact) mass is 408 g/mol. The molecule has 0 spiro atoms. The Morgan fingerprint density at radius 2 is 1.93 bits per heavy atom. The topological polar surface area (TPSA) is 53.1 Å². The molecule has 0 saturated carbocycles. The smallest absolute Gasteiger partial charge is 0.157 e. The van der Waals surface area contributed by atoms with Crippen LogP contribution < -0.4 is 5.32 Å². The fraction of sp³-hybridized carbons (Fsp3) is 0.182. The average molecular weight is 409 g/mol. The van der Waals surface area contributed by atoms with Gasteiger partial charge in [0.15, 0.2) is 5.65 Å². The van der Waals surface area contributed by atoms with Gasteiger partial charge in [-0.2, -0.15) is 5.26 Å². The number of nitrogens with zero attached hydrogens (tertiary/aromatic N) is 3. The number of nitrogens with one attached hydrogen (secondary N) is 1. The van der Waals surface area contributed by atoms with Crippen molar-refractivity contribution >= 4 is 45.7 Å². The van der Waals surface area contributed by atoms with Gasteiger partial charge >= 0.3 is 0 Å². The molecule has 0 radical (unpaired) electrons. The molecule has 0 bridgehead atoms. The second kappa shape index (κ2) is 7.71. The van der Waals surface area contributed by atoms with Crippen LogP contribution in [0.1, 0.15) is 30.0 Å². The number of imidazole rings is 1. The molecule has 1 N–H and O–H groups in total. The number of halogens is 2. The Hall–Kier alpha value is -2.74. The maximum absolute atomic E-state index is 9.77. The Labute approximate surface area is 173 Å². The molecular formula is C22H18Cl2N4. The summed E-state index contributed by atoms with van der Waals surface area (Å²) in [6.07, 6.45) is 1.78. The zero-order chi connectivity index (χ0) is 19.7. The predicted molar refractivity (Wildman–Crippen MR) is 115 cm³/mol. The minimum atomic E-state index is 0.533. The zero-order valence-electron chi connectivity index (χ0n) is 15.3. The Morgan fingerprint density at radius 1 is 1.11 bits per heavy atom. The van der Waals surface area contributed by atoms with Crippen LogP contribution in [0.4, 0.5) is 5.82 Å². The van der Waals surface area contributed by atoms with Gasteiger partial charge in [-0.05, 0) is 47.9 Å². The van der Waals surface area contributed by atoms with E-state index in [-0.39, 0.29) is 0 Å². The number of pyridine rings is 1. The second-order valence-electron chi connectivity index (χ2n) is 6.65. The van der Waals surface area contributed by atoms with Crippen LogP contribution in [-0.4, -0.2) is 9.38 Å². The predicted octanol–water partition coefficient (Wildman–Crippen LogP) is 6.23. The van der Waals surface area contributed by atoms with Crippen LogP contribution in [0.25, 0.3) is 16.7 Å². The van der Waals surface area contributed by atoms with Crippen LogP contribution in [0.2, 0.25) is 10.0 Å². The maximum atomic E-state index is 9.77. The number of aromatic nitrogens is 2. The van der Waals surface area contributed by atoms with Crippen LogP contribution in [0, 0.1) is 11.3 Å². The Balaban J connectivity index is 1.85. The Bertz CT molecular complexity index is 1220. The third kappa shape index (κ3) is 3.28. The molecule has 6 heteroatoms. The van der Waals surface area contributed by atoms with E-state index in [0.717, 1.165) is 40.8 Å². The van der Waals surface area contributed by atoms with Gasteiger partial charge in [0, 0.05) is 6.54 Å². The van der Waals surface area contributed by atoms with Crippen LogP contribution >= 0.6 is 23.2 Å². The Morgan fingerprint density at radius 3 is 2.68 bits per heavy atom. The molecule has 0 fully saturated rings. The van der Waals surface area contributed by atoms with Crippen molar-refractivity contribution in [1.82, 2.24) is 9.38 Å². The van der Waals surface area contributed by atoms with E-state index in [0.29, 0.717) is 27.8 Å². The van der Waals surface area contributed by atoms with Crippen LogP contribution in [0.3, 0.4) is 0 Å². The highest BCUT2D eigenvalue weighted by Crippen LogP contribution is 2.28. The summed E-state index contributed by atoms with van der Waals surface area (Å²) in [5, 5.41) is 14.3. The lowest BCUT2D eigenvalue weighted by Gasteiger charge is -2.14. The van der Waals surface area contributed by atoms with Gasteiger partial charge in [-0.3, -0.25) is 4.40 Å². The molecule has 2 aromatic carbocycles. The number of rotatable bonds is 5. The van der Waals surface area contributed by atoms with Gasteiger partial charge in [0.05, 0.1) is 26.6 Å². The second-order valence-corrected chi connectivity index (χ2v) is 7.47. The number of hydrogen-bond donors (Lipinski definition) is 1. The quantitative estimate of drug-likeness (QED) is 0.425. The molecule has 4 aromatic rings. The molecule has 0 atom stereocenters. The van der Waals surface area contributed by atoms with E-state index < -0.39 is 0 Å². The molecule has 0 aliphatic carbocycles. The SMILES string of the molecule is CCCc1cc(NCc2ccc(Cl)c(Cl)c2)n2c(nc3ccccc32)c1C#N. The molecule has 0 aliphatic heterocycles. The lowest BCUT2D eigenvalue weighted by atomic mass is 10.1. The number of anilines is 1. The van der Waals surface area contributed by atoms with E-state index >= 15 is 0 Å². The molecule has 28 heavy (non-hydrogen) atoms. The van der Waals surface area contributed by atoms with Crippen molar-refractivity contribution in [2.45, 2.75) is 26.3 Å². The van der Waals surface area contributed by atoms with Crippen molar-refractivity contribution in [2.75, 3.05) is 5.32 Å². The lowest BCUT2D eigenvalue weighted by Crippen LogP contribution is -2.07. The van der Waals surface area contributed by atoms with Gasteiger partial charge in [-0.25, -0.2) is 4.98 Å². The molecule has 4 rings (SSSR count). The van der Waals surface area contributed by atoms with E-state index in [4.69, 9.17) is 28.2 Å². The van der Waals surface area contributed by atoms with Crippen molar-refractivity contribution in [1.29, 1.82) is 5.26 Å². The largest absolute Gasteiger partial charge is 0.367 e. The third-order valence-corrected chi connectivity index (χ3v) is 5.49. The average Bonchev–Trinajstić information content (AvgIpc) is 3.08. The van der Waals surface area contributed by atoms with E-state index in [2.05, 4.69) is 24.4 Å². The van der Waals surface area contributed by atoms with Gasteiger partial charge in [0.1, 0.15) is 11.9 Å². The molecule has 2 aromatic heterocycles. The van der Waals surface area contributed by atoms with Gasteiger partial charge in [0.25, 0.3) is 0 Å². The first-order chi connectivity index (χ1) is 13.6. The minimum absolute atomic E-state index is 0.533. The van der Waals surface area contributed by atoms with Crippen LogP contribution in [-0.2, 0) is 13.0 Å². The van der Waals surface area contributed by atoms with Crippen molar-refractivity contribution in [2.24, 2.45) is 0 Å². The number of nitriles is 1. The molecule has 4 nitrogen and oxygen atoms in total. The highest BCUT2D eigenvalue weighted by Gasteiger charge is 2.16. The number of para-hydroxylation sites is 2. The first-order valence-electron chi connectivity index (χ1n) is 9.13. The summed E-state index contributed by atoms with van der Waals surface area (Å²) in [6.45, 7) is 2.69. The number of fused-ring (bicyclic) bond motifs is 3. The van der Waals surface area contributed by atoms with Gasteiger partial charge in [-0.1, -0.05) is 54.7 Å². The first kappa shape index (κ1) is 18.6. The summed E-state index contributed by atoms with van der Waals surface area (Å²) >= 11 is 12.2. The standard InChI is InChI=1S/C22H18Cl2N4/c1-2-5-15-11-21(26-13-14-8-9-17(23)18(24)10-14)28-20-7-4-3-6-19(20)27-22(28)16(15)12-25/h3-4,6-11,26H,2,5,13H2,1H3. The number of hydrogen-bond acceptors (Lipinski definition) is 3. The molecule has 0 aliphatic rings. The van der Waals surface area contributed by atoms with Gasteiger partial charge in [0.2, 0.25) is 0 Å². The van der Waals surface area contributed by atoms with E-state index in [9.17, 15) is 5.26 Å². The van der Waals surface area contributed by atoms with Gasteiger partial charge in [-0.15, -0.1) is 0 Å². The van der Waals surface area contributed by atoms with Crippen molar-refractivity contribution in [3.63, 3.8) is 0 Å². The van der Waals surface area contributed by atoms with E-state index in [1.807, 2.05) is 40.8 Å². The summed E-state index contributed by atoms with van der Waals surface area (Å²) < 4.78 is 2.02. The molecule has 0 amide bonds. The lowest BCUT2D eigenvalue weighted by molar-refractivity contribution is 0.913. The van der Waals surface area contributed by atoms with Crippen molar-refractivity contribution < 1.29 is 0 Å². The highest BCUT2D eigenvalue weighted by atomic mass is 35.5. The summed E-state index contributed by atoms with van der Waals surface area (Å²) in [4.78, 5) is 4.73. The zero-order valence-corrected chi connectivity index (χ0v) is 16.8. The fourth-order valence-electron chi connectivity index (χ4n) is 3.44. The Kier molecular flexibility index (Phi) is 5.13. The van der Waals surface area contributed by atoms with Gasteiger partial charge < -0.3 is 5.32 Å². The summed E-state index contributed by atoms with van der Waals surface area (Å²) in [7, 11) is 0. The molecular weight excluding hydrogens is 391 g/mol. The number of benzene rings is 2. The van der Waals surface area contributed by atoms with Crippen molar-refractivity contribution in [3.05, 3.63) is 75.3 Å². The molecule has 0 saturated heterocycles.